The predicted molar refractivity (Wildman–Crippen MR) is 75.6 cm³/mol. The summed E-state index contributed by atoms with van der Waals surface area (Å²) in [5, 5.41) is 2.93. The second kappa shape index (κ2) is 7.67. The second-order valence-electron chi connectivity index (χ2n) is 4.64. The van der Waals surface area contributed by atoms with Gasteiger partial charge in [-0.2, -0.15) is 0 Å². The summed E-state index contributed by atoms with van der Waals surface area (Å²) in [5.74, 6) is 1.25. The minimum Gasteiger partial charge on any atom is -0.497 e. The summed E-state index contributed by atoms with van der Waals surface area (Å²) in [6.07, 6.45) is 1.50. The lowest BCUT2D eigenvalue weighted by Crippen LogP contribution is -2.41. The Morgan fingerprint density at radius 3 is 2.63 bits per heavy atom. The van der Waals surface area contributed by atoms with Crippen molar-refractivity contribution in [2.24, 2.45) is 0 Å². The highest BCUT2D eigenvalue weighted by Crippen LogP contribution is 2.19. The van der Waals surface area contributed by atoms with Gasteiger partial charge in [0, 0.05) is 12.1 Å². The van der Waals surface area contributed by atoms with Gasteiger partial charge in [0.1, 0.15) is 11.5 Å². The van der Waals surface area contributed by atoms with E-state index in [1.54, 1.807) is 20.1 Å². The number of hydrogen-bond acceptors (Lipinski definition) is 3. The normalized spacial score (nSPS) is 13.5. The maximum Gasteiger partial charge on any atom is 0.260 e. The summed E-state index contributed by atoms with van der Waals surface area (Å²) in [7, 11) is 1.60. The van der Waals surface area contributed by atoms with Crippen molar-refractivity contribution in [3.8, 4) is 11.5 Å². The fourth-order valence-corrected chi connectivity index (χ4v) is 1.80. The lowest BCUT2D eigenvalue weighted by molar-refractivity contribution is -0.127. The van der Waals surface area contributed by atoms with E-state index in [1.807, 2.05) is 25.1 Å². The number of amides is 1. The molecule has 0 fully saturated rings. The highest BCUT2D eigenvalue weighted by molar-refractivity contribution is 5.80. The molecule has 0 aliphatic rings. The molecule has 0 aliphatic heterocycles. The molecule has 0 heterocycles. The standard InChI is InChI=1S/C15H23NO3/c1-5-7-11(2)16-15(17)12(3)19-14-9-6-8-13(10-14)18-4/h6,8-12H,5,7H2,1-4H3,(H,16,17)/t11-,12+/m1/s1. The first-order valence-electron chi connectivity index (χ1n) is 6.68. The van der Waals surface area contributed by atoms with Crippen LogP contribution in [0.2, 0.25) is 0 Å². The molecule has 106 valence electrons. The highest BCUT2D eigenvalue weighted by atomic mass is 16.5. The van der Waals surface area contributed by atoms with Crippen LogP contribution in [0, 0.1) is 0 Å². The number of hydrogen-bond donors (Lipinski definition) is 1. The highest BCUT2D eigenvalue weighted by Gasteiger charge is 2.16. The van der Waals surface area contributed by atoms with Crippen molar-refractivity contribution < 1.29 is 14.3 Å². The quantitative estimate of drug-likeness (QED) is 0.824. The predicted octanol–water partition coefficient (Wildman–Crippen LogP) is 2.77. The zero-order valence-corrected chi connectivity index (χ0v) is 12.1. The number of benzene rings is 1. The maximum absolute atomic E-state index is 11.9. The van der Waals surface area contributed by atoms with E-state index in [4.69, 9.17) is 9.47 Å². The summed E-state index contributed by atoms with van der Waals surface area (Å²) in [6.45, 7) is 5.84. The van der Waals surface area contributed by atoms with E-state index in [1.165, 1.54) is 0 Å². The molecule has 1 N–H and O–H groups in total. The fourth-order valence-electron chi connectivity index (χ4n) is 1.80. The molecule has 0 bridgehead atoms. The minimum absolute atomic E-state index is 0.0937. The molecule has 0 saturated heterocycles. The Morgan fingerprint density at radius 2 is 2.00 bits per heavy atom. The SMILES string of the molecule is CCC[C@@H](C)NC(=O)[C@H](C)Oc1cccc(OC)c1. The molecule has 1 rings (SSSR count). The molecule has 0 unspecified atom stereocenters. The Hall–Kier alpha value is -1.71. The number of methoxy groups -OCH3 is 1. The maximum atomic E-state index is 11.9. The number of carbonyl (C=O) groups excluding carboxylic acids is 1. The Bertz CT molecular complexity index is 406. The monoisotopic (exact) mass is 265 g/mol. The van der Waals surface area contributed by atoms with Gasteiger partial charge in [-0.1, -0.05) is 19.4 Å². The molecule has 0 saturated carbocycles. The van der Waals surface area contributed by atoms with Crippen molar-refractivity contribution in [1.82, 2.24) is 5.32 Å². The summed E-state index contributed by atoms with van der Waals surface area (Å²) in [4.78, 5) is 11.9. The van der Waals surface area contributed by atoms with E-state index in [-0.39, 0.29) is 11.9 Å². The van der Waals surface area contributed by atoms with Crippen LogP contribution in [0.15, 0.2) is 24.3 Å². The number of carbonyl (C=O) groups is 1. The molecule has 0 aromatic heterocycles. The lowest BCUT2D eigenvalue weighted by atomic mass is 10.2. The van der Waals surface area contributed by atoms with Gasteiger partial charge in [0.15, 0.2) is 6.10 Å². The van der Waals surface area contributed by atoms with E-state index in [0.717, 1.165) is 12.8 Å². The number of nitrogens with one attached hydrogen (secondary N) is 1. The minimum atomic E-state index is -0.522. The second-order valence-corrected chi connectivity index (χ2v) is 4.64. The van der Waals surface area contributed by atoms with Gasteiger partial charge >= 0.3 is 0 Å². The first kappa shape index (κ1) is 15.3. The summed E-state index contributed by atoms with van der Waals surface area (Å²) >= 11 is 0. The van der Waals surface area contributed by atoms with Gasteiger partial charge in [0.25, 0.3) is 5.91 Å². The molecule has 4 heteroatoms. The van der Waals surface area contributed by atoms with Gasteiger partial charge in [0.2, 0.25) is 0 Å². The van der Waals surface area contributed by atoms with E-state index in [2.05, 4.69) is 12.2 Å². The average Bonchev–Trinajstić information content (AvgIpc) is 2.39. The topological polar surface area (TPSA) is 47.6 Å². The number of ether oxygens (including phenoxy) is 2. The van der Waals surface area contributed by atoms with Gasteiger partial charge < -0.3 is 14.8 Å². The van der Waals surface area contributed by atoms with Crippen LogP contribution in [0.4, 0.5) is 0 Å². The molecule has 0 radical (unpaired) electrons. The van der Waals surface area contributed by atoms with Gasteiger partial charge in [0.05, 0.1) is 7.11 Å². The van der Waals surface area contributed by atoms with Gasteiger partial charge in [-0.3, -0.25) is 4.79 Å². The van der Waals surface area contributed by atoms with Crippen molar-refractivity contribution in [1.29, 1.82) is 0 Å². The van der Waals surface area contributed by atoms with Crippen molar-refractivity contribution >= 4 is 5.91 Å². The summed E-state index contributed by atoms with van der Waals surface area (Å²) in [5.41, 5.74) is 0. The smallest absolute Gasteiger partial charge is 0.260 e. The average molecular weight is 265 g/mol. The third-order valence-electron chi connectivity index (χ3n) is 2.83. The third kappa shape index (κ3) is 5.20. The molecule has 2 atom stereocenters. The van der Waals surface area contributed by atoms with Crippen LogP contribution in [-0.4, -0.2) is 25.2 Å². The van der Waals surface area contributed by atoms with Crippen LogP contribution in [0.25, 0.3) is 0 Å². The van der Waals surface area contributed by atoms with Crippen LogP contribution >= 0.6 is 0 Å². The molecular formula is C15H23NO3. The molecule has 1 aromatic rings. The van der Waals surface area contributed by atoms with Crippen molar-refractivity contribution in [3.63, 3.8) is 0 Å². The van der Waals surface area contributed by atoms with Crippen molar-refractivity contribution in [3.05, 3.63) is 24.3 Å². The molecule has 1 amide bonds. The van der Waals surface area contributed by atoms with Crippen LogP contribution in [0.5, 0.6) is 11.5 Å². The van der Waals surface area contributed by atoms with Gasteiger partial charge in [-0.15, -0.1) is 0 Å². The zero-order chi connectivity index (χ0) is 14.3. The Labute approximate surface area is 115 Å². The van der Waals surface area contributed by atoms with Gasteiger partial charge in [-0.05, 0) is 32.4 Å². The first-order chi connectivity index (χ1) is 9.06. The molecular weight excluding hydrogens is 242 g/mol. The molecule has 0 spiro atoms. The third-order valence-corrected chi connectivity index (χ3v) is 2.83. The van der Waals surface area contributed by atoms with E-state index < -0.39 is 6.10 Å². The van der Waals surface area contributed by atoms with E-state index in [9.17, 15) is 4.79 Å². The molecule has 19 heavy (non-hydrogen) atoms. The van der Waals surface area contributed by atoms with Crippen molar-refractivity contribution in [2.45, 2.75) is 45.8 Å². The van der Waals surface area contributed by atoms with Crippen LogP contribution in [0.3, 0.4) is 0 Å². The first-order valence-corrected chi connectivity index (χ1v) is 6.68. The van der Waals surface area contributed by atoms with E-state index in [0.29, 0.717) is 11.5 Å². The lowest BCUT2D eigenvalue weighted by Gasteiger charge is -2.18. The van der Waals surface area contributed by atoms with Crippen LogP contribution < -0.4 is 14.8 Å². The Kier molecular flexibility index (Phi) is 6.19. The summed E-state index contributed by atoms with van der Waals surface area (Å²) < 4.78 is 10.7. The zero-order valence-electron chi connectivity index (χ0n) is 12.1. The van der Waals surface area contributed by atoms with Crippen molar-refractivity contribution in [2.75, 3.05) is 7.11 Å². The van der Waals surface area contributed by atoms with Gasteiger partial charge in [-0.25, -0.2) is 0 Å². The molecule has 4 nitrogen and oxygen atoms in total. The van der Waals surface area contributed by atoms with Crippen LogP contribution in [-0.2, 0) is 4.79 Å². The number of rotatable bonds is 7. The Balaban J connectivity index is 2.53. The van der Waals surface area contributed by atoms with E-state index >= 15 is 0 Å². The molecule has 1 aromatic carbocycles. The summed E-state index contributed by atoms with van der Waals surface area (Å²) in [6, 6.07) is 7.41. The Morgan fingerprint density at radius 1 is 1.32 bits per heavy atom. The van der Waals surface area contributed by atoms with Crippen LogP contribution in [0.1, 0.15) is 33.6 Å². The fraction of sp³-hybridized carbons (Fsp3) is 0.533. The largest absolute Gasteiger partial charge is 0.497 e. The molecule has 0 aliphatic carbocycles.